The van der Waals surface area contributed by atoms with E-state index in [4.69, 9.17) is 0 Å². The van der Waals surface area contributed by atoms with Crippen molar-refractivity contribution >= 4 is 16.9 Å². The van der Waals surface area contributed by atoms with Crippen LogP contribution in [0.15, 0.2) is 30.5 Å². The number of rotatable bonds is 2. The molecule has 0 saturated carbocycles. The summed E-state index contributed by atoms with van der Waals surface area (Å²) < 4.78 is 0. The highest BCUT2D eigenvalue weighted by molar-refractivity contribution is 5.76. The summed E-state index contributed by atoms with van der Waals surface area (Å²) in [5.74, 6) is 1.68. The molecule has 0 aromatic carbocycles. The zero-order chi connectivity index (χ0) is 13.2. The van der Waals surface area contributed by atoms with Crippen LogP contribution in [-0.4, -0.2) is 35.6 Å². The number of hydrogen-bond donors (Lipinski definition) is 1. The minimum absolute atomic E-state index is 0.537. The molecule has 1 aliphatic heterocycles. The molecule has 1 saturated heterocycles. The average Bonchev–Trinajstić information content (AvgIpc) is 2.47. The van der Waals surface area contributed by atoms with Crippen LogP contribution in [0.2, 0.25) is 0 Å². The number of anilines is 1. The summed E-state index contributed by atoms with van der Waals surface area (Å²) in [7, 11) is 0. The molecule has 0 unspecified atom stereocenters. The first kappa shape index (κ1) is 12.4. The van der Waals surface area contributed by atoms with Crippen LogP contribution in [-0.2, 0) is 0 Å². The molecule has 0 spiro atoms. The fourth-order valence-electron chi connectivity index (χ4n) is 2.55. The van der Waals surface area contributed by atoms with Crippen molar-refractivity contribution in [1.29, 1.82) is 0 Å². The maximum atomic E-state index is 4.68. The van der Waals surface area contributed by atoms with Crippen LogP contribution in [0.3, 0.4) is 0 Å². The zero-order valence-electron chi connectivity index (χ0n) is 11.5. The topological polar surface area (TPSA) is 41.1 Å². The van der Waals surface area contributed by atoms with Gasteiger partial charge in [-0.3, -0.25) is 0 Å². The molecule has 1 fully saturated rings. The first-order chi connectivity index (χ1) is 9.24. The number of nitrogens with zero attached hydrogens (tertiary/aromatic N) is 3. The minimum atomic E-state index is 0.537. The average molecular weight is 256 g/mol. The van der Waals surface area contributed by atoms with Crippen molar-refractivity contribution in [2.24, 2.45) is 5.92 Å². The lowest BCUT2D eigenvalue weighted by atomic mass is 10.0. The highest BCUT2D eigenvalue weighted by Crippen LogP contribution is 2.19. The first-order valence-corrected chi connectivity index (χ1v) is 6.94. The predicted molar refractivity (Wildman–Crippen MR) is 78.4 cm³/mol. The summed E-state index contributed by atoms with van der Waals surface area (Å²) in [4.78, 5) is 11.4. The monoisotopic (exact) mass is 256 g/mol. The van der Waals surface area contributed by atoms with Gasteiger partial charge in [-0.2, -0.15) is 0 Å². The van der Waals surface area contributed by atoms with E-state index in [0.717, 1.165) is 36.5 Å². The normalized spacial score (nSPS) is 20.2. The molecule has 3 rings (SSSR count). The zero-order valence-corrected chi connectivity index (χ0v) is 11.5. The third-order valence-corrected chi connectivity index (χ3v) is 3.78. The number of hydrogen-bond acceptors (Lipinski definition) is 4. The van der Waals surface area contributed by atoms with E-state index in [9.17, 15) is 0 Å². The van der Waals surface area contributed by atoms with Gasteiger partial charge < -0.3 is 10.2 Å². The second-order valence-corrected chi connectivity index (χ2v) is 5.47. The third kappa shape index (κ3) is 2.54. The van der Waals surface area contributed by atoms with Crippen LogP contribution in [0.25, 0.3) is 11.0 Å². The summed E-state index contributed by atoms with van der Waals surface area (Å²) in [6.07, 6.45) is 1.80. The van der Waals surface area contributed by atoms with Gasteiger partial charge in [0.15, 0.2) is 5.65 Å². The van der Waals surface area contributed by atoms with Crippen molar-refractivity contribution in [1.82, 2.24) is 15.3 Å². The Morgan fingerprint density at radius 1 is 1.32 bits per heavy atom. The molecule has 2 aromatic heterocycles. The molecule has 4 nitrogen and oxygen atoms in total. The molecule has 1 atom stereocenters. The molecule has 0 amide bonds. The molecular formula is C15H20N4. The summed E-state index contributed by atoms with van der Waals surface area (Å²) in [6.45, 7) is 7.56. The maximum Gasteiger partial charge on any atom is 0.161 e. The number of piperazine rings is 1. The van der Waals surface area contributed by atoms with E-state index in [1.54, 1.807) is 6.20 Å². The molecule has 2 aromatic rings. The van der Waals surface area contributed by atoms with Gasteiger partial charge in [0.25, 0.3) is 0 Å². The summed E-state index contributed by atoms with van der Waals surface area (Å²) >= 11 is 0. The van der Waals surface area contributed by atoms with Crippen molar-refractivity contribution in [2.45, 2.75) is 19.9 Å². The summed E-state index contributed by atoms with van der Waals surface area (Å²) in [5.41, 5.74) is 0.833. The Balaban J connectivity index is 1.87. The Morgan fingerprint density at radius 3 is 3.05 bits per heavy atom. The smallest absolute Gasteiger partial charge is 0.161 e. The molecule has 0 radical (unpaired) electrons. The standard InChI is InChI=1S/C15H20N4/c1-11(2)13-10-19(9-8-16-13)14-6-5-12-4-3-7-17-15(12)18-14/h3-7,11,13,16H,8-10H2,1-2H3/t13-/m1/s1. The molecule has 1 N–H and O–H groups in total. The highest BCUT2D eigenvalue weighted by atomic mass is 15.2. The molecule has 0 aliphatic carbocycles. The van der Waals surface area contributed by atoms with Crippen molar-refractivity contribution in [2.75, 3.05) is 24.5 Å². The number of nitrogens with one attached hydrogen (secondary N) is 1. The Hall–Kier alpha value is -1.68. The molecular weight excluding hydrogens is 236 g/mol. The molecule has 4 heteroatoms. The molecule has 0 bridgehead atoms. The van der Waals surface area contributed by atoms with Gasteiger partial charge in [0, 0.05) is 37.3 Å². The van der Waals surface area contributed by atoms with E-state index < -0.39 is 0 Å². The molecule has 1 aliphatic rings. The fourth-order valence-corrected chi connectivity index (χ4v) is 2.55. The van der Waals surface area contributed by atoms with Crippen molar-refractivity contribution in [3.8, 4) is 0 Å². The largest absolute Gasteiger partial charge is 0.354 e. The van der Waals surface area contributed by atoms with E-state index >= 15 is 0 Å². The van der Waals surface area contributed by atoms with Gasteiger partial charge in [0.2, 0.25) is 0 Å². The fraction of sp³-hybridized carbons (Fsp3) is 0.467. The van der Waals surface area contributed by atoms with Crippen LogP contribution < -0.4 is 10.2 Å². The van der Waals surface area contributed by atoms with Crippen LogP contribution in [0.5, 0.6) is 0 Å². The van der Waals surface area contributed by atoms with Crippen LogP contribution in [0.4, 0.5) is 5.82 Å². The Morgan fingerprint density at radius 2 is 2.21 bits per heavy atom. The quantitative estimate of drug-likeness (QED) is 0.893. The van der Waals surface area contributed by atoms with Crippen LogP contribution in [0.1, 0.15) is 13.8 Å². The van der Waals surface area contributed by atoms with E-state index in [1.165, 1.54) is 0 Å². The van der Waals surface area contributed by atoms with Gasteiger partial charge in [-0.15, -0.1) is 0 Å². The summed E-state index contributed by atoms with van der Waals surface area (Å²) in [6, 6.07) is 8.75. The van der Waals surface area contributed by atoms with Gasteiger partial charge in [0.1, 0.15) is 5.82 Å². The maximum absolute atomic E-state index is 4.68. The van der Waals surface area contributed by atoms with Gasteiger partial charge in [-0.05, 0) is 30.2 Å². The third-order valence-electron chi connectivity index (χ3n) is 3.78. The number of pyridine rings is 2. The van der Waals surface area contributed by atoms with E-state index in [0.29, 0.717) is 12.0 Å². The number of fused-ring (bicyclic) bond motifs is 1. The van der Waals surface area contributed by atoms with E-state index in [2.05, 4.69) is 46.2 Å². The lowest BCUT2D eigenvalue weighted by Gasteiger charge is -2.36. The summed E-state index contributed by atoms with van der Waals surface area (Å²) in [5, 5.41) is 4.67. The molecule has 100 valence electrons. The second-order valence-electron chi connectivity index (χ2n) is 5.47. The van der Waals surface area contributed by atoms with E-state index in [-0.39, 0.29) is 0 Å². The van der Waals surface area contributed by atoms with Crippen LogP contribution in [0, 0.1) is 5.92 Å². The Bertz CT molecular complexity index is 567. The molecule has 19 heavy (non-hydrogen) atoms. The van der Waals surface area contributed by atoms with Gasteiger partial charge in [0.05, 0.1) is 0 Å². The van der Waals surface area contributed by atoms with Crippen LogP contribution >= 0.6 is 0 Å². The van der Waals surface area contributed by atoms with Crippen molar-refractivity contribution in [3.63, 3.8) is 0 Å². The lowest BCUT2D eigenvalue weighted by molar-refractivity contribution is 0.367. The predicted octanol–water partition coefficient (Wildman–Crippen LogP) is 2.06. The lowest BCUT2D eigenvalue weighted by Crippen LogP contribution is -2.53. The molecule has 3 heterocycles. The van der Waals surface area contributed by atoms with E-state index in [1.807, 2.05) is 12.1 Å². The van der Waals surface area contributed by atoms with Gasteiger partial charge >= 0.3 is 0 Å². The highest BCUT2D eigenvalue weighted by Gasteiger charge is 2.22. The SMILES string of the molecule is CC(C)[C@H]1CN(c2ccc3cccnc3n2)CCN1. The number of aromatic nitrogens is 2. The van der Waals surface area contributed by atoms with Crippen molar-refractivity contribution < 1.29 is 0 Å². The first-order valence-electron chi connectivity index (χ1n) is 6.94. The Labute approximate surface area is 113 Å². The van der Waals surface area contributed by atoms with Gasteiger partial charge in [-0.25, -0.2) is 9.97 Å². The second kappa shape index (κ2) is 5.13. The van der Waals surface area contributed by atoms with Crippen molar-refractivity contribution in [3.05, 3.63) is 30.5 Å². The minimum Gasteiger partial charge on any atom is -0.354 e. The van der Waals surface area contributed by atoms with Gasteiger partial charge in [-0.1, -0.05) is 13.8 Å². The Kier molecular flexibility index (Phi) is 3.34.